The third-order valence-electron chi connectivity index (χ3n) is 6.17. The number of hydrogen-bond acceptors (Lipinski definition) is 4. The summed E-state index contributed by atoms with van der Waals surface area (Å²) in [4.78, 5) is 20.4. The molecule has 0 atom stereocenters. The fraction of sp³-hybridized carbons (Fsp3) is 0.269. The van der Waals surface area contributed by atoms with Crippen LogP contribution in [0.4, 0.5) is 0 Å². The summed E-state index contributed by atoms with van der Waals surface area (Å²) in [6, 6.07) is 21.5. The summed E-state index contributed by atoms with van der Waals surface area (Å²) in [6.45, 7) is 3.77. The van der Waals surface area contributed by atoms with E-state index in [9.17, 15) is 4.79 Å². The molecule has 6 heteroatoms. The normalized spacial score (nSPS) is 14.6. The number of hydrogen-bond donors (Lipinski definition) is 0. The minimum absolute atomic E-state index is 0.0110. The molecular formula is C26H26N4O2. The van der Waals surface area contributed by atoms with E-state index in [2.05, 4.69) is 6.92 Å². The van der Waals surface area contributed by atoms with Gasteiger partial charge >= 0.3 is 0 Å². The second-order valence-electron chi connectivity index (χ2n) is 8.37. The molecule has 0 saturated carbocycles. The lowest BCUT2D eigenvalue weighted by Gasteiger charge is -2.30. The Hall–Kier alpha value is -3.67. The van der Waals surface area contributed by atoms with Crippen molar-refractivity contribution in [2.45, 2.75) is 19.8 Å². The van der Waals surface area contributed by atoms with Gasteiger partial charge in [0.25, 0.3) is 5.91 Å². The summed E-state index contributed by atoms with van der Waals surface area (Å²) in [6.07, 6.45) is 2.04. The van der Waals surface area contributed by atoms with Crippen molar-refractivity contribution in [2.24, 2.45) is 5.92 Å². The highest BCUT2D eigenvalue weighted by Gasteiger charge is 2.25. The van der Waals surface area contributed by atoms with Gasteiger partial charge in [-0.2, -0.15) is 5.10 Å². The summed E-state index contributed by atoms with van der Waals surface area (Å²) < 4.78 is 7.24. The number of piperidine rings is 1. The van der Waals surface area contributed by atoms with E-state index in [0.717, 1.165) is 48.5 Å². The largest absolute Gasteiger partial charge is 0.496 e. The van der Waals surface area contributed by atoms with E-state index in [1.807, 2.05) is 71.6 Å². The molecule has 0 aliphatic carbocycles. The van der Waals surface area contributed by atoms with Crippen LogP contribution < -0.4 is 4.74 Å². The van der Waals surface area contributed by atoms with Gasteiger partial charge < -0.3 is 9.64 Å². The number of carbonyl (C=O) groups excluding carboxylic acids is 1. The second-order valence-corrected chi connectivity index (χ2v) is 8.37. The van der Waals surface area contributed by atoms with Gasteiger partial charge in [0, 0.05) is 30.3 Å². The van der Waals surface area contributed by atoms with Crippen LogP contribution in [0.5, 0.6) is 5.75 Å². The van der Waals surface area contributed by atoms with Gasteiger partial charge in [0.05, 0.1) is 18.5 Å². The van der Waals surface area contributed by atoms with E-state index in [1.54, 1.807) is 11.6 Å². The van der Waals surface area contributed by atoms with Crippen LogP contribution in [0.15, 0.2) is 66.7 Å². The molecule has 2 aromatic heterocycles. The fourth-order valence-corrected chi connectivity index (χ4v) is 4.24. The van der Waals surface area contributed by atoms with Crippen molar-refractivity contribution in [1.82, 2.24) is 19.5 Å². The van der Waals surface area contributed by atoms with E-state index < -0.39 is 0 Å². The molecule has 0 radical (unpaired) electrons. The third kappa shape index (κ3) is 3.73. The molecule has 1 aliphatic rings. The number of amides is 1. The van der Waals surface area contributed by atoms with Crippen molar-refractivity contribution in [3.63, 3.8) is 0 Å². The molecule has 4 aromatic rings. The maximum atomic E-state index is 13.6. The molecule has 0 unspecified atom stereocenters. The molecule has 6 nitrogen and oxygen atoms in total. The second kappa shape index (κ2) is 8.46. The smallest absolute Gasteiger partial charge is 0.272 e. The van der Waals surface area contributed by atoms with Crippen molar-refractivity contribution in [3.05, 3.63) is 72.4 Å². The third-order valence-corrected chi connectivity index (χ3v) is 6.17. The molecule has 2 aromatic carbocycles. The standard InChI is InChI=1S/C26H26N4O2/c1-18-12-14-29(15-13-18)26(31)23-16-22(20-10-6-7-11-24(20)32-2)27-25-17-21(28-30(23)25)19-8-4-3-5-9-19/h3-11,16-18H,12-15H2,1-2H3. The number of rotatable bonds is 4. The highest BCUT2D eigenvalue weighted by Crippen LogP contribution is 2.31. The molecule has 0 N–H and O–H groups in total. The number of methoxy groups -OCH3 is 1. The van der Waals surface area contributed by atoms with Crippen LogP contribution in [-0.2, 0) is 0 Å². The van der Waals surface area contributed by atoms with Gasteiger partial charge in [0.15, 0.2) is 5.65 Å². The van der Waals surface area contributed by atoms with E-state index in [1.165, 1.54) is 0 Å². The monoisotopic (exact) mass is 426 g/mol. The topological polar surface area (TPSA) is 59.7 Å². The average Bonchev–Trinajstić information content (AvgIpc) is 3.28. The van der Waals surface area contributed by atoms with Crippen LogP contribution in [-0.4, -0.2) is 45.6 Å². The van der Waals surface area contributed by atoms with Gasteiger partial charge in [0.2, 0.25) is 0 Å². The predicted molar refractivity (Wildman–Crippen MR) is 125 cm³/mol. The first-order valence-corrected chi connectivity index (χ1v) is 11.0. The number of benzene rings is 2. The maximum absolute atomic E-state index is 13.6. The summed E-state index contributed by atoms with van der Waals surface area (Å²) in [5.74, 6) is 1.36. The zero-order valence-electron chi connectivity index (χ0n) is 18.4. The first-order valence-electron chi connectivity index (χ1n) is 11.0. The summed E-state index contributed by atoms with van der Waals surface area (Å²) in [5.41, 5.74) is 4.48. The average molecular weight is 427 g/mol. The minimum Gasteiger partial charge on any atom is -0.496 e. The predicted octanol–water partition coefficient (Wildman–Crippen LogP) is 4.94. The Morgan fingerprint density at radius 1 is 0.969 bits per heavy atom. The summed E-state index contributed by atoms with van der Waals surface area (Å²) >= 11 is 0. The summed E-state index contributed by atoms with van der Waals surface area (Å²) in [7, 11) is 1.64. The molecule has 1 saturated heterocycles. The molecule has 1 amide bonds. The lowest BCUT2D eigenvalue weighted by molar-refractivity contribution is 0.0688. The van der Waals surface area contributed by atoms with Gasteiger partial charge in [-0.3, -0.25) is 4.79 Å². The quantitative estimate of drug-likeness (QED) is 0.464. The molecular weight excluding hydrogens is 400 g/mol. The van der Waals surface area contributed by atoms with E-state index in [-0.39, 0.29) is 5.91 Å². The molecule has 1 aliphatic heterocycles. The van der Waals surface area contributed by atoms with Gasteiger partial charge in [-0.15, -0.1) is 0 Å². The van der Waals surface area contributed by atoms with Crippen LogP contribution in [0, 0.1) is 5.92 Å². The van der Waals surface area contributed by atoms with Crippen molar-refractivity contribution in [1.29, 1.82) is 0 Å². The van der Waals surface area contributed by atoms with Crippen molar-refractivity contribution in [2.75, 3.05) is 20.2 Å². The van der Waals surface area contributed by atoms with Crippen LogP contribution in [0.25, 0.3) is 28.2 Å². The fourth-order valence-electron chi connectivity index (χ4n) is 4.24. The minimum atomic E-state index is -0.0110. The maximum Gasteiger partial charge on any atom is 0.272 e. The van der Waals surface area contributed by atoms with E-state index in [0.29, 0.717) is 23.0 Å². The van der Waals surface area contributed by atoms with Crippen LogP contribution >= 0.6 is 0 Å². The Labute approximate surface area is 187 Å². The van der Waals surface area contributed by atoms with Gasteiger partial charge in [-0.1, -0.05) is 49.4 Å². The SMILES string of the molecule is COc1ccccc1-c1cc(C(=O)N2CCC(C)CC2)n2nc(-c3ccccc3)cc2n1. The number of carbonyl (C=O) groups is 1. The molecule has 162 valence electrons. The zero-order chi connectivity index (χ0) is 22.1. The Kier molecular flexibility index (Phi) is 5.35. The molecule has 1 fully saturated rings. The zero-order valence-corrected chi connectivity index (χ0v) is 18.4. The van der Waals surface area contributed by atoms with Crippen molar-refractivity contribution in [3.8, 4) is 28.3 Å². The molecule has 3 heterocycles. The highest BCUT2D eigenvalue weighted by molar-refractivity contribution is 5.94. The molecule has 32 heavy (non-hydrogen) atoms. The van der Waals surface area contributed by atoms with Crippen molar-refractivity contribution >= 4 is 11.6 Å². The lowest BCUT2D eigenvalue weighted by Crippen LogP contribution is -2.38. The Morgan fingerprint density at radius 3 is 2.44 bits per heavy atom. The van der Waals surface area contributed by atoms with Crippen LogP contribution in [0.2, 0.25) is 0 Å². The first-order chi connectivity index (χ1) is 15.6. The highest BCUT2D eigenvalue weighted by atomic mass is 16.5. The number of fused-ring (bicyclic) bond motifs is 1. The number of nitrogens with zero attached hydrogens (tertiary/aromatic N) is 4. The van der Waals surface area contributed by atoms with E-state index >= 15 is 0 Å². The molecule has 0 spiro atoms. The lowest BCUT2D eigenvalue weighted by atomic mass is 9.99. The first kappa shape index (κ1) is 20.2. The van der Waals surface area contributed by atoms with Gasteiger partial charge in [0.1, 0.15) is 11.4 Å². The molecule has 5 rings (SSSR count). The van der Waals surface area contributed by atoms with Gasteiger partial charge in [-0.25, -0.2) is 9.50 Å². The van der Waals surface area contributed by atoms with Crippen LogP contribution in [0.3, 0.4) is 0 Å². The Morgan fingerprint density at radius 2 is 1.69 bits per heavy atom. The Balaban J connectivity index is 1.67. The van der Waals surface area contributed by atoms with E-state index in [4.69, 9.17) is 14.8 Å². The number of aromatic nitrogens is 3. The van der Waals surface area contributed by atoms with Crippen molar-refractivity contribution < 1.29 is 9.53 Å². The Bertz CT molecular complexity index is 1260. The number of ether oxygens (including phenoxy) is 1. The molecule has 0 bridgehead atoms. The number of likely N-dealkylation sites (tertiary alicyclic amines) is 1. The van der Waals surface area contributed by atoms with Crippen LogP contribution in [0.1, 0.15) is 30.3 Å². The number of para-hydroxylation sites is 1. The summed E-state index contributed by atoms with van der Waals surface area (Å²) in [5, 5.41) is 4.77. The van der Waals surface area contributed by atoms with Gasteiger partial charge in [-0.05, 0) is 37.0 Å².